The molecule has 0 spiro atoms. The summed E-state index contributed by atoms with van der Waals surface area (Å²) in [5.41, 5.74) is 0.256. The molecule has 5 nitrogen and oxygen atoms in total. The topological polar surface area (TPSA) is 62.1 Å². The number of anilines is 1. The first kappa shape index (κ1) is 8.49. The fraction of sp³-hybridized carbons (Fsp3) is 0. The Morgan fingerprint density at radius 2 is 1.50 bits per heavy atom. The Morgan fingerprint density at radius 3 is 2.00 bits per heavy atom. The fourth-order valence-corrected chi connectivity index (χ4v) is 1.07. The van der Waals surface area contributed by atoms with Crippen LogP contribution in [0.5, 0.6) is 0 Å². The van der Waals surface area contributed by atoms with Crippen molar-refractivity contribution >= 4 is 17.7 Å². The lowest BCUT2D eigenvalue weighted by atomic mass is 10.3. The Bertz CT molecular complexity index is 409. The van der Waals surface area contributed by atoms with Crippen molar-refractivity contribution in [1.82, 2.24) is 0 Å². The van der Waals surface area contributed by atoms with E-state index >= 15 is 0 Å². The number of imide groups is 1. The highest BCUT2D eigenvalue weighted by Crippen LogP contribution is 2.20. The number of carbonyl (C=O) groups excluding carboxylic acids is 2. The van der Waals surface area contributed by atoms with Crippen LogP contribution in [0.2, 0.25) is 0 Å². The average Bonchev–Trinajstić information content (AvgIpc) is 2.49. The van der Waals surface area contributed by atoms with E-state index in [-0.39, 0.29) is 5.69 Å². The Balaban J connectivity index is 2.36. The van der Waals surface area contributed by atoms with Gasteiger partial charge in [0.2, 0.25) is 0 Å². The minimum absolute atomic E-state index is 0.256. The molecule has 1 aliphatic heterocycles. The van der Waals surface area contributed by atoms with Gasteiger partial charge in [-0.3, -0.25) is 0 Å². The quantitative estimate of drug-likeness (QED) is 0.687. The minimum Gasteiger partial charge on any atom is -0.243 e. The number of hydrogen-bond donors (Lipinski definition) is 0. The Morgan fingerprint density at radius 1 is 1.00 bits per heavy atom. The van der Waals surface area contributed by atoms with E-state index in [4.69, 9.17) is 0 Å². The number of halogens is 1. The first-order valence-electron chi connectivity index (χ1n) is 3.74. The molecular formula is C8H4FN3O2. The van der Waals surface area contributed by atoms with Gasteiger partial charge in [0, 0.05) is 0 Å². The first-order valence-corrected chi connectivity index (χ1v) is 3.74. The summed E-state index contributed by atoms with van der Waals surface area (Å²) in [6.07, 6.45) is 0. The van der Waals surface area contributed by atoms with Crippen LogP contribution in [0.4, 0.5) is 19.7 Å². The van der Waals surface area contributed by atoms with Crippen molar-refractivity contribution in [2.45, 2.75) is 0 Å². The number of nitrogens with zero attached hydrogens (tertiary/aromatic N) is 3. The van der Waals surface area contributed by atoms with Gasteiger partial charge in [-0.1, -0.05) is 10.2 Å². The van der Waals surface area contributed by atoms with Crippen LogP contribution in [-0.4, -0.2) is 12.1 Å². The second-order valence-corrected chi connectivity index (χ2v) is 2.58. The van der Waals surface area contributed by atoms with Crippen molar-refractivity contribution in [2.75, 3.05) is 4.90 Å². The smallest absolute Gasteiger partial charge is 0.243 e. The zero-order valence-corrected chi connectivity index (χ0v) is 6.85. The van der Waals surface area contributed by atoms with Gasteiger partial charge >= 0.3 is 12.1 Å². The van der Waals surface area contributed by atoms with E-state index in [1.165, 1.54) is 12.1 Å². The molecule has 0 saturated heterocycles. The van der Waals surface area contributed by atoms with E-state index in [1.54, 1.807) is 0 Å². The molecule has 0 radical (unpaired) electrons. The van der Waals surface area contributed by atoms with E-state index in [0.29, 0.717) is 0 Å². The van der Waals surface area contributed by atoms with Gasteiger partial charge in [-0.15, -0.1) is 0 Å². The summed E-state index contributed by atoms with van der Waals surface area (Å²) in [4.78, 5) is 22.8. The van der Waals surface area contributed by atoms with Crippen molar-refractivity contribution < 1.29 is 14.0 Å². The second kappa shape index (κ2) is 2.99. The molecule has 0 saturated carbocycles. The maximum absolute atomic E-state index is 12.5. The van der Waals surface area contributed by atoms with Crippen molar-refractivity contribution in [2.24, 2.45) is 10.2 Å². The van der Waals surface area contributed by atoms with E-state index in [2.05, 4.69) is 10.2 Å². The number of azo groups is 1. The van der Waals surface area contributed by atoms with Gasteiger partial charge in [-0.05, 0) is 24.3 Å². The summed E-state index contributed by atoms with van der Waals surface area (Å²) in [5.74, 6) is -0.443. The number of hydrogen-bond acceptors (Lipinski definition) is 2. The van der Waals surface area contributed by atoms with E-state index < -0.39 is 17.9 Å². The molecule has 1 aromatic carbocycles. The summed E-state index contributed by atoms with van der Waals surface area (Å²) < 4.78 is 12.5. The Kier molecular flexibility index (Phi) is 1.81. The monoisotopic (exact) mass is 193 g/mol. The molecule has 70 valence electrons. The molecular weight excluding hydrogens is 189 g/mol. The number of urea groups is 2. The maximum atomic E-state index is 12.5. The minimum atomic E-state index is -0.762. The number of benzene rings is 1. The zero-order valence-electron chi connectivity index (χ0n) is 6.85. The van der Waals surface area contributed by atoms with Gasteiger partial charge in [-0.2, -0.15) is 0 Å². The predicted molar refractivity (Wildman–Crippen MR) is 44.5 cm³/mol. The van der Waals surface area contributed by atoms with Crippen molar-refractivity contribution in [3.05, 3.63) is 30.1 Å². The van der Waals surface area contributed by atoms with E-state index in [1.807, 2.05) is 0 Å². The van der Waals surface area contributed by atoms with Crippen molar-refractivity contribution in [3.8, 4) is 0 Å². The molecule has 1 aliphatic rings. The molecule has 0 aromatic heterocycles. The average molecular weight is 193 g/mol. The predicted octanol–water partition coefficient (Wildman–Crippen LogP) is 2.34. The van der Waals surface area contributed by atoms with Crippen LogP contribution >= 0.6 is 0 Å². The highest BCUT2D eigenvalue weighted by atomic mass is 19.1. The standard InChI is InChI=1S/C8H4FN3O2/c9-5-1-3-6(4-2-5)12-7(13)10-11-8(12)14/h1-4H. The van der Waals surface area contributed by atoms with Crippen LogP contribution in [-0.2, 0) is 0 Å². The van der Waals surface area contributed by atoms with E-state index in [0.717, 1.165) is 17.0 Å². The summed E-state index contributed by atoms with van der Waals surface area (Å²) >= 11 is 0. The molecule has 0 atom stereocenters. The van der Waals surface area contributed by atoms with Gasteiger partial charge in [-0.25, -0.2) is 18.9 Å². The van der Waals surface area contributed by atoms with Gasteiger partial charge < -0.3 is 0 Å². The maximum Gasteiger partial charge on any atom is 0.375 e. The Hall–Kier alpha value is -2.11. The van der Waals surface area contributed by atoms with Crippen LogP contribution in [0.15, 0.2) is 34.5 Å². The van der Waals surface area contributed by atoms with E-state index in [9.17, 15) is 14.0 Å². The molecule has 1 heterocycles. The molecule has 1 aromatic rings. The molecule has 0 aliphatic carbocycles. The van der Waals surface area contributed by atoms with Gasteiger partial charge in [0.1, 0.15) is 5.82 Å². The lowest BCUT2D eigenvalue weighted by molar-refractivity contribution is 0.249. The molecule has 4 amide bonds. The highest BCUT2D eigenvalue weighted by Gasteiger charge is 2.28. The van der Waals surface area contributed by atoms with Gasteiger partial charge in [0.25, 0.3) is 0 Å². The largest absolute Gasteiger partial charge is 0.375 e. The summed E-state index contributed by atoms with van der Waals surface area (Å²) in [6, 6.07) is 3.38. The summed E-state index contributed by atoms with van der Waals surface area (Å²) in [5, 5.41) is 6.13. The fourth-order valence-electron chi connectivity index (χ4n) is 1.07. The molecule has 0 unspecified atom stereocenters. The number of amides is 4. The number of carbonyl (C=O) groups is 2. The SMILES string of the molecule is O=C1N=NC(=O)N1c1ccc(F)cc1. The normalized spacial score (nSPS) is 15.4. The van der Waals surface area contributed by atoms with Crippen molar-refractivity contribution in [1.29, 1.82) is 0 Å². The van der Waals surface area contributed by atoms with Crippen LogP contribution < -0.4 is 4.90 Å². The molecule has 14 heavy (non-hydrogen) atoms. The van der Waals surface area contributed by atoms with Crippen LogP contribution in [0.25, 0.3) is 0 Å². The highest BCUT2D eigenvalue weighted by molar-refractivity contribution is 6.17. The summed E-state index contributed by atoms with van der Waals surface area (Å²) in [6.45, 7) is 0. The molecule has 6 heteroatoms. The Labute approximate surface area is 77.9 Å². The third-order valence-corrected chi connectivity index (χ3v) is 1.69. The lowest BCUT2D eigenvalue weighted by Crippen LogP contribution is -2.27. The van der Waals surface area contributed by atoms with Crippen molar-refractivity contribution in [3.63, 3.8) is 0 Å². The third-order valence-electron chi connectivity index (χ3n) is 1.69. The lowest BCUT2D eigenvalue weighted by Gasteiger charge is -2.09. The number of rotatable bonds is 1. The second-order valence-electron chi connectivity index (χ2n) is 2.58. The molecule has 0 fully saturated rings. The third kappa shape index (κ3) is 1.26. The first-order chi connectivity index (χ1) is 6.68. The van der Waals surface area contributed by atoms with Crippen LogP contribution in [0.3, 0.4) is 0 Å². The zero-order chi connectivity index (χ0) is 10.1. The summed E-state index contributed by atoms with van der Waals surface area (Å²) in [7, 11) is 0. The van der Waals surface area contributed by atoms with Gasteiger partial charge in [0.15, 0.2) is 0 Å². The molecule has 0 bridgehead atoms. The van der Waals surface area contributed by atoms with Crippen LogP contribution in [0.1, 0.15) is 0 Å². The molecule has 0 N–H and O–H groups in total. The molecule has 2 rings (SSSR count). The van der Waals surface area contributed by atoms with Gasteiger partial charge in [0.05, 0.1) is 5.69 Å². The van der Waals surface area contributed by atoms with Crippen LogP contribution in [0, 0.1) is 5.82 Å².